The fraction of sp³-hybridized carbons (Fsp3) is 0.381. The summed E-state index contributed by atoms with van der Waals surface area (Å²) in [6, 6.07) is 13.3. The van der Waals surface area contributed by atoms with E-state index in [1.807, 2.05) is 37.3 Å². The van der Waals surface area contributed by atoms with Crippen LogP contribution < -0.4 is 10.1 Å². The smallest absolute Gasteiger partial charge is 0.255 e. The summed E-state index contributed by atoms with van der Waals surface area (Å²) in [5.74, 6) is 0.659. The van der Waals surface area contributed by atoms with Gasteiger partial charge in [0.2, 0.25) is 0 Å². The zero-order valence-corrected chi connectivity index (χ0v) is 14.9. The molecule has 0 aliphatic carbocycles. The van der Waals surface area contributed by atoms with Crippen LogP contribution in [0.1, 0.15) is 41.3 Å². The summed E-state index contributed by atoms with van der Waals surface area (Å²) in [7, 11) is 0. The molecule has 0 radical (unpaired) electrons. The van der Waals surface area contributed by atoms with Crippen molar-refractivity contribution >= 4 is 11.6 Å². The lowest BCUT2D eigenvalue weighted by atomic mass is 10.1. The number of nitrogens with one attached hydrogen (secondary N) is 1. The minimum atomic E-state index is -0.102. The average molecular weight is 339 g/mol. The van der Waals surface area contributed by atoms with E-state index < -0.39 is 0 Å². The van der Waals surface area contributed by atoms with Gasteiger partial charge in [0, 0.05) is 17.9 Å². The van der Waals surface area contributed by atoms with E-state index in [1.165, 1.54) is 0 Å². The van der Waals surface area contributed by atoms with Crippen molar-refractivity contribution in [3.8, 4) is 5.75 Å². The summed E-state index contributed by atoms with van der Waals surface area (Å²) >= 11 is 0. The van der Waals surface area contributed by atoms with Gasteiger partial charge in [-0.05, 0) is 61.6 Å². The number of carbonyl (C=O) groups is 1. The summed E-state index contributed by atoms with van der Waals surface area (Å²) in [6.07, 6.45) is 3.23. The maximum absolute atomic E-state index is 12.5. The summed E-state index contributed by atoms with van der Waals surface area (Å²) in [6.45, 7) is 5.49. The van der Waals surface area contributed by atoms with Crippen molar-refractivity contribution < 1.29 is 14.3 Å². The topological polar surface area (TPSA) is 47.6 Å². The van der Waals surface area contributed by atoms with Crippen LogP contribution in [0.15, 0.2) is 42.5 Å². The monoisotopic (exact) mass is 339 g/mol. The molecule has 1 N–H and O–H groups in total. The first kappa shape index (κ1) is 17.5. The molecule has 1 aliphatic heterocycles. The molecule has 3 rings (SSSR count). The molecule has 2 aromatic rings. The molecule has 4 nitrogen and oxygen atoms in total. The SMILES string of the molecule is CCc1cccc(C)c1NC(=O)c1ccc(OC[C@@H]2CCCO2)cc1. The summed E-state index contributed by atoms with van der Waals surface area (Å²) in [5.41, 5.74) is 3.75. The van der Waals surface area contributed by atoms with Gasteiger partial charge in [0.1, 0.15) is 12.4 Å². The Hall–Kier alpha value is -2.33. The number of carbonyl (C=O) groups excluding carboxylic acids is 1. The maximum Gasteiger partial charge on any atom is 0.255 e. The zero-order chi connectivity index (χ0) is 17.6. The Bertz CT molecular complexity index is 718. The van der Waals surface area contributed by atoms with Crippen molar-refractivity contribution in [2.75, 3.05) is 18.5 Å². The van der Waals surface area contributed by atoms with Crippen LogP contribution in [0, 0.1) is 6.92 Å². The minimum absolute atomic E-state index is 0.102. The number of anilines is 1. The van der Waals surface area contributed by atoms with E-state index in [0.29, 0.717) is 12.2 Å². The minimum Gasteiger partial charge on any atom is -0.491 e. The van der Waals surface area contributed by atoms with Gasteiger partial charge in [-0.1, -0.05) is 25.1 Å². The van der Waals surface area contributed by atoms with Gasteiger partial charge in [-0.15, -0.1) is 0 Å². The standard InChI is InChI=1S/C21H25NO3/c1-3-16-7-4-6-15(2)20(16)22-21(23)17-9-11-18(12-10-17)25-14-19-8-5-13-24-19/h4,6-7,9-12,19H,3,5,8,13-14H2,1-2H3,(H,22,23)/t19-/m0/s1. The lowest BCUT2D eigenvalue weighted by Gasteiger charge is -2.14. The number of rotatable bonds is 6. The molecule has 1 amide bonds. The molecule has 1 aliphatic rings. The van der Waals surface area contributed by atoms with E-state index in [4.69, 9.17) is 9.47 Å². The van der Waals surface area contributed by atoms with E-state index in [-0.39, 0.29) is 12.0 Å². The first-order chi connectivity index (χ1) is 12.2. The van der Waals surface area contributed by atoms with Crippen molar-refractivity contribution in [2.24, 2.45) is 0 Å². The third-order valence-electron chi connectivity index (χ3n) is 4.55. The summed E-state index contributed by atoms with van der Waals surface area (Å²) in [4.78, 5) is 12.5. The Morgan fingerprint density at radius 3 is 2.72 bits per heavy atom. The lowest BCUT2D eigenvalue weighted by molar-refractivity contribution is 0.0679. The molecule has 1 atom stereocenters. The van der Waals surface area contributed by atoms with Crippen molar-refractivity contribution in [3.05, 3.63) is 59.2 Å². The molecule has 4 heteroatoms. The molecular formula is C21H25NO3. The first-order valence-corrected chi connectivity index (χ1v) is 8.91. The van der Waals surface area contributed by atoms with Gasteiger partial charge in [0.15, 0.2) is 0 Å². The van der Waals surface area contributed by atoms with Crippen molar-refractivity contribution in [1.82, 2.24) is 0 Å². The number of amides is 1. The van der Waals surface area contributed by atoms with Gasteiger partial charge in [-0.2, -0.15) is 0 Å². The second-order valence-electron chi connectivity index (χ2n) is 6.39. The maximum atomic E-state index is 12.5. The largest absolute Gasteiger partial charge is 0.491 e. The van der Waals surface area contributed by atoms with E-state index in [1.54, 1.807) is 12.1 Å². The van der Waals surface area contributed by atoms with Crippen LogP contribution in [0.25, 0.3) is 0 Å². The Kier molecular flexibility index (Phi) is 5.71. The molecule has 0 spiro atoms. The molecule has 0 saturated carbocycles. The van der Waals surface area contributed by atoms with Crippen LogP contribution in [0.3, 0.4) is 0 Å². The van der Waals surface area contributed by atoms with Crippen molar-refractivity contribution in [3.63, 3.8) is 0 Å². The van der Waals surface area contributed by atoms with Gasteiger partial charge in [-0.25, -0.2) is 0 Å². The number of hydrogen-bond donors (Lipinski definition) is 1. The molecule has 1 fully saturated rings. The predicted molar refractivity (Wildman–Crippen MR) is 99.4 cm³/mol. The molecule has 1 heterocycles. The Morgan fingerprint density at radius 1 is 1.24 bits per heavy atom. The second-order valence-corrected chi connectivity index (χ2v) is 6.39. The summed E-state index contributed by atoms with van der Waals surface area (Å²) < 4.78 is 11.3. The fourth-order valence-corrected chi connectivity index (χ4v) is 3.06. The van der Waals surface area contributed by atoms with Crippen LogP contribution in [-0.4, -0.2) is 25.2 Å². The fourth-order valence-electron chi connectivity index (χ4n) is 3.06. The number of benzene rings is 2. The summed E-state index contributed by atoms with van der Waals surface area (Å²) in [5, 5.41) is 3.04. The molecule has 1 saturated heterocycles. The molecule has 2 aromatic carbocycles. The quantitative estimate of drug-likeness (QED) is 0.850. The molecule has 0 unspecified atom stereocenters. The Labute approximate surface area is 149 Å². The third kappa shape index (κ3) is 4.40. The van der Waals surface area contributed by atoms with Crippen LogP contribution in [-0.2, 0) is 11.2 Å². The number of hydrogen-bond acceptors (Lipinski definition) is 3. The first-order valence-electron chi connectivity index (χ1n) is 8.91. The van der Waals surface area contributed by atoms with Gasteiger partial charge in [0.25, 0.3) is 5.91 Å². The van der Waals surface area contributed by atoms with Gasteiger partial charge in [0.05, 0.1) is 6.10 Å². The molecule has 132 valence electrons. The highest BCUT2D eigenvalue weighted by Crippen LogP contribution is 2.22. The van der Waals surface area contributed by atoms with E-state index in [0.717, 1.165) is 48.4 Å². The normalized spacial score (nSPS) is 16.6. The number of para-hydroxylation sites is 1. The predicted octanol–water partition coefficient (Wildman–Crippen LogP) is 4.37. The lowest BCUT2D eigenvalue weighted by Crippen LogP contribution is -2.16. The number of aryl methyl sites for hydroxylation is 2. The third-order valence-corrected chi connectivity index (χ3v) is 4.55. The van der Waals surface area contributed by atoms with Gasteiger partial charge < -0.3 is 14.8 Å². The van der Waals surface area contributed by atoms with Gasteiger partial charge in [-0.3, -0.25) is 4.79 Å². The van der Waals surface area contributed by atoms with Crippen molar-refractivity contribution in [1.29, 1.82) is 0 Å². The highest BCUT2D eigenvalue weighted by atomic mass is 16.5. The highest BCUT2D eigenvalue weighted by molar-refractivity contribution is 6.05. The second kappa shape index (κ2) is 8.17. The van der Waals surface area contributed by atoms with E-state index >= 15 is 0 Å². The van der Waals surface area contributed by atoms with Crippen LogP contribution in [0.2, 0.25) is 0 Å². The highest BCUT2D eigenvalue weighted by Gasteiger charge is 2.16. The Morgan fingerprint density at radius 2 is 2.04 bits per heavy atom. The Balaban J connectivity index is 1.62. The van der Waals surface area contributed by atoms with Gasteiger partial charge >= 0.3 is 0 Å². The molecule has 0 aromatic heterocycles. The molecule has 0 bridgehead atoms. The average Bonchev–Trinajstić information content (AvgIpc) is 3.15. The molecule has 25 heavy (non-hydrogen) atoms. The van der Waals surface area contributed by atoms with Crippen LogP contribution in [0.5, 0.6) is 5.75 Å². The molecular weight excluding hydrogens is 314 g/mol. The number of ether oxygens (including phenoxy) is 2. The van der Waals surface area contributed by atoms with Crippen molar-refractivity contribution in [2.45, 2.75) is 39.2 Å². The van der Waals surface area contributed by atoms with E-state index in [2.05, 4.69) is 12.2 Å². The zero-order valence-electron chi connectivity index (χ0n) is 14.9. The van der Waals surface area contributed by atoms with Crippen LogP contribution >= 0.6 is 0 Å². The van der Waals surface area contributed by atoms with Crippen LogP contribution in [0.4, 0.5) is 5.69 Å². The van der Waals surface area contributed by atoms with E-state index in [9.17, 15) is 4.79 Å².